The first-order chi connectivity index (χ1) is 8.58. The Hall–Kier alpha value is -1.82. The molecule has 2 unspecified atom stereocenters. The number of nitro groups is 1. The molecular weight excluding hydrogens is 234 g/mol. The normalized spacial score (nSPS) is 23.6. The predicted molar refractivity (Wildman–Crippen MR) is 69.4 cm³/mol. The minimum absolute atomic E-state index is 0.0255. The van der Waals surface area contributed by atoms with Crippen molar-refractivity contribution < 1.29 is 10.0 Å². The Bertz CT molecular complexity index is 450. The van der Waals surface area contributed by atoms with E-state index < -0.39 is 4.92 Å². The van der Waals surface area contributed by atoms with E-state index in [1.54, 1.807) is 6.07 Å². The van der Waals surface area contributed by atoms with E-state index in [0.717, 1.165) is 25.7 Å². The molecule has 1 fully saturated rings. The minimum Gasteiger partial charge on any atom is -0.397 e. The molecule has 0 bridgehead atoms. The van der Waals surface area contributed by atoms with Crippen LogP contribution in [0.4, 0.5) is 17.1 Å². The molecule has 6 heteroatoms. The van der Waals surface area contributed by atoms with Gasteiger partial charge in [-0.3, -0.25) is 10.1 Å². The molecule has 0 aromatic heterocycles. The van der Waals surface area contributed by atoms with Crippen molar-refractivity contribution in [2.75, 3.05) is 11.1 Å². The van der Waals surface area contributed by atoms with Crippen LogP contribution in [0.5, 0.6) is 0 Å². The molecule has 0 aliphatic heterocycles. The fourth-order valence-electron chi connectivity index (χ4n) is 2.27. The summed E-state index contributed by atoms with van der Waals surface area (Å²) in [5, 5.41) is 23.6. The van der Waals surface area contributed by atoms with Gasteiger partial charge in [-0.2, -0.15) is 0 Å². The van der Waals surface area contributed by atoms with E-state index in [2.05, 4.69) is 5.32 Å². The largest absolute Gasteiger partial charge is 0.397 e. The van der Waals surface area contributed by atoms with E-state index in [1.807, 2.05) is 0 Å². The first-order valence-electron chi connectivity index (χ1n) is 6.06. The summed E-state index contributed by atoms with van der Waals surface area (Å²) >= 11 is 0. The number of nitro benzene ring substituents is 1. The second-order valence-electron chi connectivity index (χ2n) is 4.63. The van der Waals surface area contributed by atoms with Gasteiger partial charge in [0, 0.05) is 12.1 Å². The number of hydrogen-bond acceptors (Lipinski definition) is 5. The van der Waals surface area contributed by atoms with Crippen molar-refractivity contribution in [3.05, 3.63) is 28.3 Å². The first-order valence-corrected chi connectivity index (χ1v) is 6.06. The summed E-state index contributed by atoms with van der Waals surface area (Å²) in [7, 11) is 0. The molecule has 1 aliphatic carbocycles. The van der Waals surface area contributed by atoms with Crippen LogP contribution in [0.25, 0.3) is 0 Å². The third-order valence-electron chi connectivity index (χ3n) is 3.32. The molecule has 18 heavy (non-hydrogen) atoms. The summed E-state index contributed by atoms with van der Waals surface area (Å²) < 4.78 is 0. The molecule has 1 saturated carbocycles. The second kappa shape index (κ2) is 5.22. The fraction of sp³-hybridized carbons (Fsp3) is 0.500. The van der Waals surface area contributed by atoms with Crippen LogP contribution in [0, 0.1) is 10.1 Å². The van der Waals surface area contributed by atoms with E-state index in [9.17, 15) is 15.2 Å². The first kappa shape index (κ1) is 12.6. The number of nitrogen functional groups attached to an aromatic ring is 1. The summed E-state index contributed by atoms with van der Waals surface area (Å²) in [5.41, 5.74) is 6.73. The molecule has 2 rings (SSSR count). The lowest BCUT2D eigenvalue weighted by Crippen LogP contribution is -2.36. The smallest absolute Gasteiger partial charge is 0.271 e. The van der Waals surface area contributed by atoms with Crippen LogP contribution in [0.3, 0.4) is 0 Å². The molecule has 1 aromatic carbocycles. The van der Waals surface area contributed by atoms with Crippen molar-refractivity contribution >= 4 is 17.1 Å². The van der Waals surface area contributed by atoms with Crippen molar-refractivity contribution in [1.29, 1.82) is 0 Å². The Morgan fingerprint density at radius 1 is 1.39 bits per heavy atom. The maximum Gasteiger partial charge on any atom is 0.271 e. The van der Waals surface area contributed by atoms with Crippen molar-refractivity contribution in [2.24, 2.45) is 0 Å². The highest BCUT2D eigenvalue weighted by molar-refractivity contribution is 5.69. The molecule has 2 atom stereocenters. The predicted octanol–water partition coefficient (Wildman–Crippen LogP) is 1.89. The van der Waals surface area contributed by atoms with Gasteiger partial charge in [0.05, 0.1) is 28.4 Å². The Kier molecular flexibility index (Phi) is 3.66. The van der Waals surface area contributed by atoms with Gasteiger partial charge in [0.25, 0.3) is 5.69 Å². The average Bonchev–Trinajstić information content (AvgIpc) is 2.34. The van der Waals surface area contributed by atoms with E-state index in [1.165, 1.54) is 12.1 Å². The summed E-state index contributed by atoms with van der Waals surface area (Å²) in [6.07, 6.45) is 3.40. The number of hydrogen-bond donors (Lipinski definition) is 3. The number of aliphatic hydroxyl groups excluding tert-OH is 1. The summed E-state index contributed by atoms with van der Waals surface area (Å²) in [4.78, 5) is 10.1. The van der Waals surface area contributed by atoms with Crippen LogP contribution in [0.15, 0.2) is 18.2 Å². The SMILES string of the molecule is Nc1cc([N+](=O)[O-])ccc1NC1CCCCC1O. The van der Waals surface area contributed by atoms with Crippen LogP contribution < -0.4 is 11.1 Å². The quantitative estimate of drug-likeness (QED) is 0.432. The lowest BCUT2D eigenvalue weighted by molar-refractivity contribution is -0.384. The van der Waals surface area contributed by atoms with Gasteiger partial charge in [0.2, 0.25) is 0 Å². The lowest BCUT2D eigenvalue weighted by Gasteiger charge is -2.29. The number of nitrogens with two attached hydrogens (primary N) is 1. The Balaban J connectivity index is 2.11. The van der Waals surface area contributed by atoms with E-state index in [4.69, 9.17) is 5.73 Å². The van der Waals surface area contributed by atoms with Gasteiger partial charge in [0.15, 0.2) is 0 Å². The molecule has 0 amide bonds. The van der Waals surface area contributed by atoms with Gasteiger partial charge in [-0.15, -0.1) is 0 Å². The van der Waals surface area contributed by atoms with Crippen LogP contribution in [0.1, 0.15) is 25.7 Å². The van der Waals surface area contributed by atoms with Gasteiger partial charge in [-0.25, -0.2) is 0 Å². The molecule has 6 nitrogen and oxygen atoms in total. The summed E-state index contributed by atoms with van der Waals surface area (Å²) in [6, 6.07) is 4.31. The molecular formula is C12H17N3O3. The Morgan fingerprint density at radius 3 is 2.72 bits per heavy atom. The molecule has 4 N–H and O–H groups in total. The molecule has 0 spiro atoms. The number of rotatable bonds is 3. The van der Waals surface area contributed by atoms with Crippen LogP contribution in [-0.2, 0) is 0 Å². The van der Waals surface area contributed by atoms with Gasteiger partial charge < -0.3 is 16.2 Å². The average molecular weight is 251 g/mol. The minimum atomic E-state index is -0.477. The number of nitrogens with one attached hydrogen (secondary N) is 1. The molecule has 0 saturated heterocycles. The zero-order chi connectivity index (χ0) is 13.1. The van der Waals surface area contributed by atoms with E-state index >= 15 is 0 Å². The van der Waals surface area contributed by atoms with Crippen LogP contribution >= 0.6 is 0 Å². The second-order valence-corrected chi connectivity index (χ2v) is 4.63. The number of nitrogens with zero attached hydrogens (tertiary/aromatic N) is 1. The number of benzene rings is 1. The van der Waals surface area contributed by atoms with Gasteiger partial charge >= 0.3 is 0 Å². The lowest BCUT2D eigenvalue weighted by atomic mass is 9.92. The van der Waals surface area contributed by atoms with Crippen LogP contribution in [-0.4, -0.2) is 22.2 Å². The summed E-state index contributed by atoms with van der Waals surface area (Å²) in [6.45, 7) is 0. The topological polar surface area (TPSA) is 101 Å². The maximum atomic E-state index is 10.6. The number of non-ortho nitro benzene ring substituents is 1. The Labute approximate surface area is 105 Å². The van der Waals surface area contributed by atoms with Gasteiger partial charge in [0.1, 0.15) is 0 Å². The van der Waals surface area contributed by atoms with E-state index in [-0.39, 0.29) is 17.8 Å². The zero-order valence-electron chi connectivity index (χ0n) is 10.0. The number of anilines is 2. The van der Waals surface area contributed by atoms with Crippen molar-refractivity contribution in [3.63, 3.8) is 0 Å². The van der Waals surface area contributed by atoms with E-state index in [0.29, 0.717) is 11.4 Å². The highest BCUT2D eigenvalue weighted by Crippen LogP contribution is 2.28. The van der Waals surface area contributed by atoms with Crippen molar-refractivity contribution in [2.45, 2.75) is 37.8 Å². The third kappa shape index (κ3) is 2.70. The van der Waals surface area contributed by atoms with Gasteiger partial charge in [-0.05, 0) is 18.9 Å². The maximum absolute atomic E-state index is 10.6. The highest BCUT2D eigenvalue weighted by atomic mass is 16.6. The van der Waals surface area contributed by atoms with Gasteiger partial charge in [-0.1, -0.05) is 12.8 Å². The molecule has 1 aromatic rings. The molecule has 0 radical (unpaired) electrons. The molecule has 1 aliphatic rings. The van der Waals surface area contributed by atoms with Crippen molar-refractivity contribution in [1.82, 2.24) is 0 Å². The van der Waals surface area contributed by atoms with Crippen LogP contribution in [0.2, 0.25) is 0 Å². The highest BCUT2D eigenvalue weighted by Gasteiger charge is 2.23. The third-order valence-corrected chi connectivity index (χ3v) is 3.32. The van der Waals surface area contributed by atoms with Crippen molar-refractivity contribution in [3.8, 4) is 0 Å². The molecule has 0 heterocycles. The fourth-order valence-corrected chi connectivity index (χ4v) is 2.27. The monoisotopic (exact) mass is 251 g/mol. The zero-order valence-corrected chi connectivity index (χ0v) is 10.0. The molecule has 98 valence electrons. The summed E-state index contributed by atoms with van der Waals surface area (Å²) in [5.74, 6) is 0. The number of aliphatic hydroxyl groups is 1. The standard InChI is InChI=1S/C12H17N3O3/c13-9-7-8(15(17)18)5-6-10(9)14-11-3-1-2-4-12(11)16/h5-7,11-12,14,16H,1-4,13H2. The Morgan fingerprint density at radius 2 is 2.11 bits per heavy atom.